The Morgan fingerprint density at radius 1 is 1.20 bits per heavy atom. The number of carbonyl (C=O) groups is 2. The van der Waals surface area contributed by atoms with E-state index < -0.39 is 5.41 Å². The van der Waals surface area contributed by atoms with Crippen molar-refractivity contribution in [1.82, 2.24) is 9.78 Å². The van der Waals surface area contributed by atoms with Gasteiger partial charge in [0.25, 0.3) is 0 Å². The molecule has 5 rings (SSSR count). The summed E-state index contributed by atoms with van der Waals surface area (Å²) in [6, 6.07) is 12.9. The smallest absolute Gasteiger partial charge is 0.243 e. The third-order valence-corrected chi connectivity index (χ3v) is 6.14. The molecule has 3 heterocycles. The summed E-state index contributed by atoms with van der Waals surface area (Å²) in [5.41, 5.74) is 2.56. The lowest BCUT2D eigenvalue weighted by Crippen LogP contribution is -2.46. The quantitative estimate of drug-likeness (QED) is 0.651. The lowest BCUT2D eigenvalue weighted by atomic mass is 9.71. The molecule has 0 fully saturated rings. The van der Waals surface area contributed by atoms with Crippen molar-refractivity contribution in [3.8, 4) is 18.0 Å². The molecule has 1 spiro atoms. The fourth-order valence-electron chi connectivity index (χ4n) is 4.58. The third kappa shape index (κ3) is 2.30. The van der Waals surface area contributed by atoms with Crippen LogP contribution in [0, 0.1) is 19.3 Å². The zero-order valence-corrected chi connectivity index (χ0v) is 16.9. The van der Waals surface area contributed by atoms with Gasteiger partial charge in [-0.3, -0.25) is 14.5 Å². The SMILES string of the molecule is C#CCN1C(=O)[C@@]2(CC(=O)Nc3c2cnn3-c2ccccc2Cl)c2cccc(C)c21. The highest BCUT2D eigenvalue weighted by atomic mass is 35.5. The standard InChI is InChI=1S/C23H17ClN4O2/c1-3-11-27-20-14(2)7-6-8-15(20)23(22(27)30)12-19(29)26-21-16(23)13-25-28(21)18-10-5-4-9-17(18)24/h1,4-10,13H,11-12H2,2H3,(H,26,29)/t23-/m0/s1. The van der Waals surface area contributed by atoms with Gasteiger partial charge in [0.1, 0.15) is 11.2 Å². The number of terminal acetylenes is 1. The number of nitrogens with one attached hydrogen (secondary N) is 1. The molecule has 2 aromatic carbocycles. The topological polar surface area (TPSA) is 67.2 Å². The number of aromatic nitrogens is 2. The van der Waals surface area contributed by atoms with Crippen molar-refractivity contribution in [3.05, 3.63) is 70.4 Å². The molecule has 6 nitrogen and oxygen atoms in total. The van der Waals surface area contributed by atoms with Crippen LogP contribution in [-0.2, 0) is 15.0 Å². The van der Waals surface area contributed by atoms with Gasteiger partial charge < -0.3 is 5.32 Å². The minimum Gasteiger partial charge on any atom is -0.310 e. The Hall–Kier alpha value is -3.56. The number of hydrogen-bond acceptors (Lipinski definition) is 3. The van der Waals surface area contributed by atoms with Crippen LogP contribution in [0.2, 0.25) is 5.02 Å². The van der Waals surface area contributed by atoms with Crippen LogP contribution in [0.5, 0.6) is 0 Å². The first-order valence-corrected chi connectivity index (χ1v) is 9.85. The van der Waals surface area contributed by atoms with E-state index in [1.54, 1.807) is 21.8 Å². The normalized spacial score (nSPS) is 19.4. The van der Waals surface area contributed by atoms with Crippen LogP contribution in [0.25, 0.3) is 5.69 Å². The highest BCUT2D eigenvalue weighted by Crippen LogP contribution is 2.53. The average molecular weight is 417 g/mol. The van der Waals surface area contributed by atoms with Gasteiger partial charge in [-0.1, -0.05) is 47.9 Å². The summed E-state index contributed by atoms with van der Waals surface area (Å²) in [4.78, 5) is 28.2. The van der Waals surface area contributed by atoms with E-state index in [0.717, 1.165) is 16.8 Å². The zero-order valence-electron chi connectivity index (χ0n) is 16.1. The summed E-state index contributed by atoms with van der Waals surface area (Å²) in [6.45, 7) is 2.07. The monoisotopic (exact) mass is 416 g/mol. The van der Waals surface area contributed by atoms with Gasteiger partial charge in [0.05, 0.1) is 29.1 Å². The molecule has 2 aliphatic rings. The Balaban J connectivity index is 1.80. The van der Waals surface area contributed by atoms with Gasteiger partial charge in [0.15, 0.2) is 0 Å². The highest BCUT2D eigenvalue weighted by Gasteiger charge is 2.57. The van der Waals surface area contributed by atoms with E-state index in [9.17, 15) is 9.59 Å². The van der Waals surface area contributed by atoms with Gasteiger partial charge in [0.2, 0.25) is 11.8 Å². The van der Waals surface area contributed by atoms with Crippen LogP contribution in [0.1, 0.15) is 23.1 Å². The second kappa shape index (κ2) is 6.48. The Kier molecular flexibility index (Phi) is 3.99. The van der Waals surface area contributed by atoms with E-state index >= 15 is 0 Å². The molecule has 2 amide bonds. The molecule has 0 radical (unpaired) electrons. The number of amides is 2. The number of nitrogens with zero attached hydrogens (tertiary/aromatic N) is 3. The summed E-state index contributed by atoms with van der Waals surface area (Å²) in [5, 5.41) is 7.87. The largest absolute Gasteiger partial charge is 0.310 e. The molecule has 148 valence electrons. The van der Waals surface area contributed by atoms with Crippen LogP contribution >= 0.6 is 11.6 Å². The first kappa shape index (κ1) is 18.5. The first-order chi connectivity index (χ1) is 14.5. The second-order valence-electron chi connectivity index (χ2n) is 7.47. The summed E-state index contributed by atoms with van der Waals surface area (Å²) >= 11 is 6.37. The van der Waals surface area contributed by atoms with Crippen molar-refractivity contribution >= 4 is 34.9 Å². The van der Waals surface area contributed by atoms with E-state index in [2.05, 4.69) is 16.3 Å². The number of fused-ring (bicyclic) bond motifs is 4. The van der Waals surface area contributed by atoms with Crippen molar-refractivity contribution in [1.29, 1.82) is 0 Å². The number of aryl methyl sites for hydroxylation is 1. The van der Waals surface area contributed by atoms with Gasteiger partial charge in [-0.25, -0.2) is 4.68 Å². The Labute approximate surface area is 178 Å². The fourth-order valence-corrected chi connectivity index (χ4v) is 4.80. The van der Waals surface area contributed by atoms with Crippen molar-refractivity contribution in [2.45, 2.75) is 18.8 Å². The summed E-state index contributed by atoms with van der Waals surface area (Å²) in [5.74, 6) is 2.54. The molecule has 2 aliphatic heterocycles. The van der Waals surface area contributed by atoms with Crippen molar-refractivity contribution in [2.75, 3.05) is 16.8 Å². The molecule has 0 unspecified atom stereocenters. The maximum atomic E-state index is 13.8. The first-order valence-electron chi connectivity index (χ1n) is 9.48. The van der Waals surface area contributed by atoms with E-state index in [-0.39, 0.29) is 24.8 Å². The number of hydrogen-bond donors (Lipinski definition) is 1. The van der Waals surface area contributed by atoms with Gasteiger partial charge in [-0.15, -0.1) is 6.42 Å². The van der Waals surface area contributed by atoms with Gasteiger partial charge in [-0.05, 0) is 30.2 Å². The minimum atomic E-state index is -1.17. The number of rotatable bonds is 2. The maximum Gasteiger partial charge on any atom is 0.243 e. The van der Waals surface area contributed by atoms with Crippen LogP contribution in [0.4, 0.5) is 11.5 Å². The van der Waals surface area contributed by atoms with Crippen LogP contribution < -0.4 is 10.2 Å². The molecule has 30 heavy (non-hydrogen) atoms. The van der Waals surface area contributed by atoms with Gasteiger partial charge in [0, 0.05) is 12.0 Å². The predicted octanol–water partition coefficient (Wildman–Crippen LogP) is 3.44. The number of benzene rings is 2. The molecule has 0 saturated heterocycles. The number of carbonyl (C=O) groups excluding carboxylic acids is 2. The Morgan fingerprint density at radius 2 is 2.00 bits per heavy atom. The van der Waals surface area contributed by atoms with Crippen molar-refractivity contribution in [2.24, 2.45) is 0 Å². The Bertz CT molecular complexity index is 1270. The van der Waals surface area contributed by atoms with E-state index in [0.29, 0.717) is 22.1 Å². The predicted molar refractivity (Wildman–Crippen MR) is 115 cm³/mol. The summed E-state index contributed by atoms with van der Waals surface area (Å²) in [7, 11) is 0. The Morgan fingerprint density at radius 3 is 2.77 bits per heavy atom. The van der Waals surface area contributed by atoms with Crippen LogP contribution in [0.3, 0.4) is 0 Å². The average Bonchev–Trinajstić information content (AvgIpc) is 3.24. The van der Waals surface area contributed by atoms with E-state index in [1.807, 2.05) is 43.3 Å². The fraction of sp³-hybridized carbons (Fsp3) is 0.174. The molecule has 0 bridgehead atoms. The lowest BCUT2D eigenvalue weighted by molar-refractivity contribution is -0.126. The van der Waals surface area contributed by atoms with Gasteiger partial charge >= 0.3 is 0 Å². The number of anilines is 2. The maximum absolute atomic E-state index is 13.8. The molecule has 1 N–H and O–H groups in total. The molecular weight excluding hydrogens is 400 g/mol. The van der Waals surface area contributed by atoms with Crippen molar-refractivity contribution < 1.29 is 9.59 Å². The second-order valence-corrected chi connectivity index (χ2v) is 7.87. The number of para-hydroxylation sites is 2. The molecule has 1 aromatic heterocycles. The third-order valence-electron chi connectivity index (χ3n) is 5.82. The van der Waals surface area contributed by atoms with Crippen LogP contribution in [-0.4, -0.2) is 28.1 Å². The van der Waals surface area contributed by atoms with E-state index in [1.165, 1.54) is 0 Å². The van der Waals surface area contributed by atoms with E-state index in [4.69, 9.17) is 18.0 Å². The van der Waals surface area contributed by atoms with Crippen LogP contribution in [0.15, 0.2) is 48.7 Å². The molecule has 0 saturated carbocycles. The summed E-state index contributed by atoms with van der Waals surface area (Å²) < 4.78 is 1.57. The highest BCUT2D eigenvalue weighted by molar-refractivity contribution is 6.32. The molecular formula is C23H17ClN4O2. The zero-order chi connectivity index (χ0) is 21.0. The van der Waals surface area contributed by atoms with Crippen molar-refractivity contribution in [3.63, 3.8) is 0 Å². The minimum absolute atomic E-state index is 0.00935. The number of halogens is 1. The molecule has 7 heteroatoms. The lowest BCUT2D eigenvalue weighted by Gasteiger charge is -2.32. The molecule has 1 atom stereocenters. The molecule has 0 aliphatic carbocycles. The van der Waals surface area contributed by atoms with Gasteiger partial charge in [-0.2, -0.15) is 5.10 Å². The summed E-state index contributed by atoms with van der Waals surface area (Å²) in [6.07, 6.45) is 7.19. The molecule has 3 aromatic rings.